The van der Waals surface area contributed by atoms with Crippen LogP contribution in [0.25, 0.3) is 10.4 Å². The van der Waals surface area contributed by atoms with Gasteiger partial charge >= 0.3 is 5.97 Å². The number of esters is 1. The van der Waals surface area contributed by atoms with Crippen LogP contribution in [-0.4, -0.2) is 26.2 Å². The van der Waals surface area contributed by atoms with Gasteiger partial charge in [-0.25, -0.2) is 9.18 Å². The van der Waals surface area contributed by atoms with E-state index in [0.717, 1.165) is 0 Å². The Labute approximate surface area is 116 Å². The molecule has 1 aromatic rings. The molecule has 1 rings (SSSR count). The van der Waals surface area contributed by atoms with Crippen molar-refractivity contribution in [3.05, 3.63) is 46.1 Å². The van der Waals surface area contributed by atoms with Gasteiger partial charge in [0.25, 0.3) is 0 Å². The van der Waals surface area contributed by atoms with Gasteiger partial charge in [-0.1, -0.05) is 17.2 Å². The van der Waals surface area contributed by atoms with Crippen molar-refractivity contribution >= 4 is 5.97 Å². The minimum absolute atomic E-state index is 0.323. The van der Waals surface area contributed by atoms with Gasteiger partial charge in [-0.3, -0.25) is 5.32 Å². The van der Waals surface area contributed by atoms with Crippen LogP contribution in [-0.2, 0) is 15.1 Å². The standard InChI is InChI=1S/C13H17FN4O2/c1-13(12(19)20-2,16-7-4-8-17-18-15)10-5-3-6-11(14)9-10/h3,5-6,9,16H,4,7-8H2,1-2H3. The van der Waals surface area contributed by atoms with E-state index in [1.807, 2.05) is 0 Å². The van der Waals surface area contributed by atoms with Crippen molar-refractivity contribution in [1.82, 2.24) is 5.32 Å². The van der Waals surface area contributed by atoms with E-state index in [4.69, 9.17) is 10.3 Å². The lowest BCUT2D eigenvalue weighted by atomic mass is 9.91. The Bertz CT molecular complexity index is 517. The summed E-state index contributed by atoms with van der Waals surface area (Å²) in [6, 6.07) is 5.79. The smallest absolute Gasteiger partial charge is 0.330 e. The van der Waals surface area contributed by atoms with Gasteiger partial charge in [-0.2, -0.15) is 0 Å². The number of azide groups is 1. The summed E-state index contributed by atoms with van der Waals surface area (Å²) < 4.78 is 18.1. The minimum atomic E-state index is -1.15. The minimum Gasteiger partial charge on any atom is -0.467 e. The molecule has 0 aromatic heterocycles. The summed E-state index contributed by atoms with van der Waals surface area (Å²) in [6.45, 7) is 2.38. The molecule has 1 N–H and O–H groups in total. The second kappa shape index (κ2) is 7.47. The Kier molecular flexibility index (Phi) is 5.96. The molecule has 0 aliphatic heterocycles. The molecule has 0 bridgehead atoms. The first kappa shape index (κ1) is 15.9. The third-order valence-corrected chi connectivity index (χ3v) is 2.97. The predicted octanol–water partition coefficient (Wildman–Crippen LogP) is 2.50. The van der Waals surface area contributed by atoms with Crippen molar-refractivity contribution in [3.63, 3.8) is 0 Å². The topological polar surface area (TPSA) is 87.1 Å². The van der Waals surface area contributed by atoms with Crippen LogP contribution >= 0.6 is 0 Å². The van der Waals surface area contributed by atoms with Gasteiger partial charge in [0.15, 0.2) is 0 Å². The molecule has 0 amide bonds. The number of hydrogen-bond acceptors (Lipinski definition) is 4. The summed E-state index contributed by atoms with van der Waals surface area (Å²) in [6.07, 6.45) is 0.561. The number of rotatable bonds is 7. The molecule has 0 heterocycles. The summed E-state index contributed by atoms with van der Waals surface area (Å²) in [7, 11) is 1.28. The van der Waals surface area contributed by atoms with Crippen molar-refractivity contribution in [3.8, 4) is 0 Å². The van der Waals surface area contributed by atoms with Crippen molar-refractivity contribution in [2.75, 3.05) is 20.2 Å². The highest BCUT2D eigenvalue weighted by atomic mass is 19.1. The summed E-state index contributed by atoms with van der Waals surface area (Å²) in [4.78, 5) is 14.6. The van der Waals surface area contributed by atoms with Gasteiger partial charge in [-0.15, -0.1) is 0 Å². The van der Waals surface area contributed by atoms with Crippen LogP contribution in [0.3, 0.4) is 0 Å². The fraction of sp³-hybridized carbons (Fsp3) is 0.462. The Morgan fingerprint density at radius 1 is 1.60 bits per heavy atom. The lowest BCUT2D eigenvalue weighted by Crippen LogP contribution is -2.48. The number of carbonyl (C=O) groups is 1. The number of halogens is 1. The number of nitrogens with zero attached hydrogens (tertiary/aromatic N) is 3. The van der Waals surface area contributed by atoms with Gasteiger partial charge in [0, 0.05) is 11.5 Å². The molecule has 0 saturated carbocycles. The van der Waals surface area contributed by atoms with E-state index in [9.17, 15) is 9.18 Å². The van der Waals surface area contributed by atoms with E-state index in [-0.39, 0.29) is 0 Å². The molecule has 1 aromatic carbocycles. The third kappa shape index (κ3) is 3.94. The van der Waals surface area contributed by atoms with E-state index in [1.54, 1.807) is 13.0 Å². The number of nitrogens with one attached hydrogen (secondary N) is 1. The van der Waals surface area contributed by atoms with Gasteiger partial charge in [0.1, 0.15) is 11.4 Å². The molecule has 0 saturated heterocycles. The number of carbonyl (C=O) groups excluding carboxylic acids is 1. The van der Waals surface area contributed by atoms with Crippen LogP contribution in [0.2, 0.25) is 0 Å². The van der Waals surface area contributed by atoms with Crippen molar-refractivity contribution in [2.45, 2.75) is 18.9 Å². The first-order valence-corrected chi connectivity index (χ1v) is 6.15. The SMILES string of the molecule is COC(=O)C(C)(NCCCN=[N+]=[N-])c1cccc(F)c1. The van der Waals surface area contributed by atoms with Crippen LogP contribution in [0.1, 0.15) is 18.9 Å². The molecule has 1 atom stereocenters. The van der Waals surface area contributed by atoms with Gasteiger partial charge in [-0.05, 0) is 43.1 Å². The van der Waals surface area contributed by atoms with Crippen molar-refractivity contribution in [2.24, 2.45) is 5.11 Å². The third-order valence-electron chi connectivity index (χ3n) is 2.97. The van der Waals surface area contributed by atoms with Gasteiger partial charge < -0.3 is 4.74 Å². The molecular formula is C13H17FN4O2. The summed E-state index contributed by atoms with van der Waals surface area (Å²) in [5, 5.41) is 6.43. The zero-order valence-corrected chi connectivity index (χ0v) is 11.5. The van der Waals surface area contributed by atoms with Crippen LogP contribution in [0.5, 0.6) is 0 Å². The number of ether oxygens (including phenoxy) is 1. The van der Waals surface area contributed by atoms with E-state index in [0.29, 0.717) is 25.1 Å². The van der Waals surface area contributed by atoms with Crippen LogP contribution in [0.15, 0.2) is 29.4 Å². The highest BCUT2D eigenvalue weighted by Gasteiger charge is 2.35. The molecule has 0 radical (unpaired) electrons. The molecule has 0 spiro atoms. The number of methoxy groups -OCH3 is 1. The number of benzene rings is 1. The zero-order valence-electron chi connectivity index (χ0n) is 11.5. The highest BCUT2D eigenvalue weighted by molar-refractivity contribution is 5.82. The Hall–Kier alpha value is -2.11. The fourth-order valence-electron chi connectivity index (χ4n) is 1.83. The lowest BCUT2D eigenvalue weighted by molar-refractivity contribution is -0.148. The van der Waals surface area contributed by atoms with Crippen molar-refractivity contribution in [1.29, 1.82) is 0 Å². The fourth-order valence-corrected chi connectivity index (χ4v) is 1.83. The molecule has 0 fully saturated rings. The molecular weight excluding hydrogens is 263 g/mol. The lowest BCUT2D eigenvalue weighted by Gasteiger charge is -2.28. The second-order valence-corrected chi connectivity index (χ2v) is 4.36. The first-order chi connectivity index (χ1) is 9.54. The summed E-state index contributed by atoms with van der Waals surface area (Å²) >= 11 is 0. The number of hydrogen-bond donors (Lipinski definition) is 1. The van der Waals surface area contributed by atoms with Crippen LogP contribution in [0.4, 0.5) is 4.39 Å². The molecule has 0 aliphatic carbocycles. The first-order valence-electron chi connectivity index (χ1n) is 6.15. The van der Waals surface area contributed by atoms with E-state index in [1.165, 1.54) is 25.3 Å². The monoisotopic (exact) mass is 280 g/mol. The molecule has 6 nitrogen and oxygen atoms in total. The maximum atomic E-state index is 13.3. The maximum Gasteiger partial charge on any atom is 0.330 e. The Morgan fingerprint density at radius 3 is 2.95 bits per heavy atom. The van der Waals surface area contributed by atoms with Crippen LogP contribution in [0, 0.1) is 5.82 Å². The largest absolute Gasteiger partial charge is 0.467 e. The van der Waals surface area contributed by atoms with Crippen LogP contribution < -0.4 is 5.32 Å². The molecule has 0 aliphatic rings. The summed E-state index contributed by atoms with van der Waals surface area (Å²) in [5.41, 5.74) is 7.52. The van der Waals surface area contributed by atoms with Gasteiger partial charge in [0.2, 0.25) is 0 Å². The molecule has 1 unspecified atom stereocenters. The van der Waals surface area contributed by atoms with Crippen molar-refractivity contribution < 1.29 is 13.9 Å². The average molecular weight is 280 g/mol. The predicted molar refractivity (Wildman–Crippen MR) is 72.4 cm³/mol. The molecule has 108 valence electrons. The highest BCUT2D eigenvalue weighted by Crippen LogP contribution is 2.23. The summed E-state index contributed by atoms with van der Waals surface area (Å²) in [5.74, 6) is -0.930. The zero-order chi connectivity index (χ0) is 15.0. The molecule has 20 heavy (non-hydrogen) atoms. The quantitative estimate of drug-likeness (QED) is 0.274. The van der Waals surface area contributed by atoms with Gasteiger partial charge in [0.05, 0.1) is 7.11 Å². The second-order valence-electron chi connectivity index (χ2n) is 4.36. The Morgan fingerprint density at radius 2 is 2.35 bits per heavy atom. The normalized spacial score (nSPS) is 13.2. The molecule has 7 heteroatoms. The Balaban J connectivity index is 2.86. The van der Waals surface area contributed by atoms with E-state index in [2.05, 4.69) is 15.3 Å². The average Bonchev–Trinajstić information content (AvgIpc) is 2.46. The van der Waals surface area contributed by atoms with E-state index >= 15 is 0 Å². The maximum absolute atomic E-state index is 13.3. The van der Waals surface area contributed by atoms with E-state index < -0.39 is 17.3 Å².